The van der Waals surface area contributed by atoms with E-state index in [1.54, 1.807) is 6.07 Å². The van der Waals surface area contributed by atoms with Crippen molar-refractivity contribution in [3.63, 3.8) is 0 Å². The number of pyridine rings is 1. The Bertz CT molecular complexity index is 326. The summed E-state index contributed by atoms with van der Waals surface area (Å²) in [7, 11) is 0. The molecule has 1 unspecified atom stereocenters. The molecule has 1 aromatic rings. The predicted molar refractivity (Wildman–Crippen MR) is 53.0 cm³/mol. The van der Waals surface area contributed by atoms with Crippen LogP contribution in [0.5, 0.6) is 0 Å². The standard InChI is InChI=1S/C10H14N2O2/c1-2-3-8(11)7-4-5-12-9(6-7)10(13)14/h4-6,8H,2-3,11H2,1H3,(H,13,14). The number of rotatable bonds is 4. The van der Waals surface area contributed by atoms with E-state index in [2.05, 4.69) is 4.98 Å². The van der Waals surface area contributed by atoms with Gasteiger partial charge in [0, 0.05) is 12.2 Å². The van der Waals surface area contributed by atoms with Crippen LogP contribution in [0.2, 0.25) is 0 Å². The van der Waals surface area contributed by atoms with Gasteiger partial charge in [-0.25, -0.2) is 9.78 Å². The third-order valence-electron chi connectivity index (χ3n) is 2.03. The number of aromatic carboxylic acids is 1. The Morgan fingerprint density at radius 3 is 3.00 bits per heavy atom. The van der Waals surface area contributed by atoms with Crippen LogP contribution in [0, 0.1) is 0 Å². The highest BCUT2D eigenvalue weighted by molar-refractivity contribution is 5.85. The van der Waals surface area contributed by atoms with Gasteiger partial charge in [-0.15, -0.1) is 0 Å². The molecule has 0 aliphatic carbocycles. The summed E-state index contributed by atoms with van der Waals surface area (Å²) in [6.45, 7) is 2.04. The van der Waals surface area contributed by atoms with Gasteiger partial charge >= 0.3 is 5.97 Å². The summed E-state index contributed by atoms with van der Waals surface area (Å²) < 4.78 is 0. The van der Waals surface area contributed by atoms with E-state index in [0.29, 0.717) is 0 Å². The fourth-order valence-corrected chi connectivity index (χ4v) is 1.27. The Kier molecular flexibility index (Phi) is 3.59. The smallest absolute Gasteiger partial charge is 0.354 e. The molecule has 14 heavy (non-hydrogen) atoms. The average Bonchev–Trinajstić information content (AvgIpc) is 2.18. The molecule has 76 valence electrons. The van der Waals surface area contributed by atoms with Crippen molar-refractivity contribution < 1.29 is 9.90 Å². The lowest BCUT2D eigenvalue weighted by Gasteiger charge is -2.10. The molecule has 0 aliphatic rings. The summed E-state index contributed by atoms with van der Waals surface area (Å²) in [5.41, 5.74) is 6.74. The van der Waals surface area contributed by atoms with Crippen LogP contribution in [0.4, 0.5) is 0 Å². The molecule has 0 saturated heterocycles. The fraction of sp³-hybridized carbons (Fsp3) is 0.400. The Hall–Kier alpha value is -1.42. The highest BCUT2D eigenvalue weighted by atomic mass is 16.4. The number of carboxylic acids is 1. The number of hydrogen-bond donors (Lipinski definition) is 2. The van der Waals surface area contributed by atoms with Gasteiger partial charge in [0.05, 0.1) is 0 Å². The number of carbonyl (C=O) groups is 1. The Labute approximate surface area is 82.8 Å². The van der Waals surface area contributed by atoms with Crippen LogP contribution in [-0.4, -0.2) is 16.1 Å². The highest BCUT2D eigenvalue weighted by Gasteiger charge is 2.09. The number of hydrogen-bond acceptors (Lipinski definition) is 3. The van der Waals surface area contributed by atoms with Crippen LogP contribution in [0.3, 0.4) is 0 Å². The van der Waals surface area contributed by atoms with Gasteiger partial charge in [-0.05, 0) is 24.1 Å². The normalized spacial score (nSPS) is 12.4. The molecule has 0 fully saturated rings. The van der Waals surface area contributed by atoms with Crippen LogP contribution in [-0.2, 0) is 0 Å². The van der Waals surface area contributed by atoms with Crippen molar-refractivity contribution in [3.8, 4) is 0 Å². The quantitative estimate of drug-likeness (QED) is 0.762. The Morgan fingerprint density at radius 2 is 2.43 bits per heavy atom. The summed E-state index contributed by atoms with van der Waals surface area (Å²) in [5, 5.41) is 8.72. The SMILES string of the molecule is CCCC(N)c1ccnc(C(=O)O)c1. The number of nitrogens with two attached hydrogens (primary N) is 1. The van der Waals surface area contributed by atoms with Crippen molar-refractivity contribution in [3.05, 3.63) is 29.6 Å². The molecular formula is C10H14N2O2. The Morgan fingerprint density at radius 1 is 1.71 bits per heavy atom. The molecule has 1 heterocycles. The molecule has 0 radical (unpaired) electrons. The zero-order valence-electron chi connectivity index (χ0n) is 8.10. The topological polar surface area (TPSA) is 76.2 Å². The lowest BCUT2D eigenvalue weighted by atomic mass is 10.0. The molecule has 4 nitrogen and oxygen atoms in total. The van der Waals surface area contributed by atoms with Gasteiger partial charge in [0.1, 0.15) is 5.69 Å². The summed E-state index contributed by atoms with van der Waals surface area (Å²) >= 11 is 0. The maximum Gasteiger partial charge on any atom is 0.354 e. The summed E-state index contributed by atoms with van der Waals surface area (Å²) in [6, 6.07) is 3.19. The van der Waals surface area contributed by atoms with Gasteiger partial charge in [-0.3, -0.25) is 0 Å². The zero-order valence-corrected chi connectivity index (χ0v) is 8.10. The third-order valence-corrected chi connectivity index (χ3v) is 2.03. The summed E-state index contributed by atoms with van der Waals surface area (Å²) in [4.78, 5) is 14.4. The van der Waals surface area contributed by atoms with Crippen LogP contribution in [0.25, 0.3) is 0 Å². The second-order valence-corrected chi connectivity index (χ2v) is 3.17. The number of aromatic nitrogens is 1. The van der Waals surface area contributed by atoms with E-state index in [-0.39, 0.29) is 11.7 Å². The second-order valence-electron chi connectivity index (χ2n) is 3.17. The first-order valence-corrected chi connectivity index (χ1v) is 4.60. The van der Waals surface area contributed by atoms with Crippen molar-refractivity contribution in [1.29, 1.82) is 0 Å². The van der Waals surface area contributed by atoms with Gasteiger partial charge in [-0.2, -0.15) is 0 Å². The molecule has 1 aromatic heterocycles. The van der Waals surface area contributed by atoms with Crippen molar-refractivity contribution in [2.75, 3.05) is 0 Å². The largest absolute Gasteiger partial charge is 0.477 e. The number of carboxylic acid groups (broad SMARTS) is 1. The average molecular weight is 194 g/mol. The Balaban J connectivity index is 2.87. The molecule has 0 aromatic carbocycles. The van der Waals surface area contributed by atoms with E-state index in [0.717, 1.165) is 18.4 Å². The molecule has 3 N–H and O–H groups in total. The van der Waals surface area contributed by atoms with Gasteiger partial charge in [0.2, 0.25) is 0 Å². The fourth-order valence-electron chi connectivity index (χ4n) is 1.27. The minimum Gasteiger partial charge on any atom is -0.477 e. The molecule has 1 rings (SSSR count). The van der Waals surface area contributed by atoms with Gasteiger partial charge in [0.15, 0.2) is 0 Å². The third kappa shape index (κ3) is 2.53. The molecule has 0 spiro atoms. The molecule has 0 saturated carbocycles. The maximum atomic E-state index is 10.6. The minimum absolute atomic E-state index is 0.0500. The molecule has 0 amide bonds. The van der Waals surface area contributed by atoms with Gasteiger partial charge in [0.25, 0.3) is 0 Å². The maximum absolute atomic E-state index is 10.6. The van der Waals surface area contributed by atoms with Crippen LogP contribution in [0.1, 0.15) is 41.9 Å². The summed E-state index contributed by atoms with van der Waals surface area (Å²) in [5.74, 6) is -1.02. The van der Waals surface area contributed by atoms with Crippen molar-refractivity contribution >= 4 is 5.97 Å². The molecule has 4 heteroatoms. The van der Waals surface area contributed by atoms with E-state index >= 15 is 0 Å². The van der Waals surface area contributed by atoms with E-state index in [4.69, 9.17) is 10.8 Å². The van der Waals surface area contributed by atoms with Crippen LogP contribution < -0.4 is 5.73 Å². The van der Waals surface area contributed by atoms with Gasteiger partial charge in [-0.1, -0.05) is 13.3 Å². The van der Waals surface area contributed by atoms with E-state index in [1.165, 1.54) is 12.3 Å². The highest BCUT2D eigenvalue weighted by Crippen LogP contribution is 2.15. The number of nitrogens with zero attached hydrogens (tertiary/aromatic N) is 1. The second kappa shape index (κ2) is 4.72. The van der Waals surface area contributed by atoms with E-state index < -0.39 is 5.97 Å². The molecule has 0 aliphatic heterocycles. The monoisotopic (exact) mass is 194 g/mol. The van der Waals surface area contributed by atoms with E-state index in [1.807, 2.05) is 6.92 Å². The first-order chi connectivity index (χ1) is 6.65. The van der Waals surface area contributed by atoms with Crippen molar-refractivity contribution in [2.24, 2.45) is 5.73 Å². The molecule has 1 atom stereocenters. The van der Waals surface area contributed by atoms with Crippen LogP contribution >= 0.6 is 0 Å². The molecule has 0 bridgehead atoms. The first-order valence-electron chi connectivity index (χ1n) is 4.60. The van der Waals surface area contributed by atoms with Gasteiger partial charge < -0.3 is 10.8 Å². The lowest BCUT2D eigenvalue weighted by Crippen LogP contribution is -2.11. The lowest BCUT2D eigenvalue weighted by molar-refractivity contribution is 0.0690. The summed E-state index contributed by atoms with van der Waals surface area (Å²) in [6.07, 6.45) is 3.31. The zero-order chi connectivity index (χ0) is 10.6. The van der Waals surface area contributed by atoms with Crippen LogP contribution in [0.15, 0.2) is 18.3 Å². The van der Waals surface area contributed by atoms with E-state index in [9.17, 15) is 4.79 Å². The van der Waals surface area contributed by atoms with Crippen molar-refractivity contribution in [1.82, 2.24) is 4.98 Å². The van der Waals surface area contributed by atoms with Crippen molar-refractivity contribution in [2.45, 2.75) is 25.8 Å². The molecular weight excluding hydrogens is 180 g/mol. The predicted octanol–water partition coefficient (Wildman–Crippen LogP) is 1.58. The minimum atomic E-state index is -1.02. The first kappa shape index (κ1) is 10.7.